The normalized spacial score (nSPS) is 16.1. The number of nitrogens with zero attached hydrogens (tertiary/aromatic N) is 2. The Morgan fingerprint density at radius 2 is 1.80 bits per heavy atom. The van der Waals surface area contributed by atoms with Crippen LogP contribution < -0.4 is 5.32 Å². The Morgan fingerprint density at radius 1 is 1.00 bits per heavy atom. The van der Waals surface area contributed by atoms with Crippen molar-refractivity contribution >= 4 is 11.5 Å². The van der Waals surface area contributed by atoms with Crippen molar-refractivity contribution in [2.24, 2.45) is 0 Å². The minimum Gasteiger partial charge on any atom is -0.349 e. The number of H-pyrrole nitrogens is 1. The predicted octanol–water partition coefficient (Wildman–Crippen LogP) is 4.53. The Hall–Kier alpha value is -3.46. The van der Waals surface area contributed by atoms with E-state index in [0.717, 1.165) is 11.6 Å². The van der Waals surface area contributed by atoms with Crippen molar-refractivity contribution < 1.29 is 8.78 Å². The van der Waals surface area contributed by atoms with Crippen LogP contribution in [0, 0.1) is 18.2 Å². The zero-order valence-electron chi connectivity index (χ0n) is 12.9. The van der Waals surface area contributed by atoms with E-state index < -0.39 is 17.6 Å². The van der Waals surface area contributed by atoms with Gasteiger partial charge in [0.2, 0.25) is 5.70 Å². The number of halogens is 2. The lowest BCUT2D eigenvalue weighted by molar-refractivity contribution is 0.497. The maximum absolute atomic E-state index is 14.5. The number of hydrogen-bond donors (Lipinski definition) is 2. The lowest BCUT2D eigenvalue weighted by Gasteiger charge is -2.26. The first-order valence-corrected chi connectivity index (χ1v) is 7.62. The van der Waals surface area contributed by atoms with Gasteiger partial charge in [0.25, 0.3) is 0 Å². The van der Waals surface area contributed by atoms with Crippen LogP contribution in [0.15, 0.2) is 60.4 Å². The lowest BCUT2D eigenvalue weighted by Crippen LogP contribution is -2.17. The minimum atomic E-state index is -0.949. The molecule has 0 saturated carbocycles. The number of allylic oxidation sites excluding steroid dienone is 1. The van der Waals surface area contributed by atoms with E-state index in [4.69, 9.17) is 6.57 Å². The van der Waals surface area contributed by atoms with Crippen molar-refractivity contribution in [1.82, 2.24) is 10.2 Å². The van der Waals surface area contributed by atoms with Crippen LogP contribution in [0.25, 0.3) is 10.5 Å². The number of aromatic amines is 1. The highest BCUT2D eigenvalue weighted by Gasteiger charge is 2.34. The topological polar surface area (TPSA) is 45.1 Å². The molecule has 4 rings (SSSR count). The Labute approximate surface area is 142 Å². The van der Waals surface area contributed by atoms with Crippen molar-refractivity contribution in [2.75, 3.05) is 5.32 Å². The lowest BCUT2D eigenvalue weighted by atomic mass is 9.85. The Balaban J connectivity index is 1.99. The van der Waals surface area contributed by atoms with E-state index in [1.165, 1.54) is 18.3 Å². The molecule has 0 spiro atoms. The van der Waals surface area contributed by atoms with E-state index >= 15 is 0 Å². The van der Waals surface area contributed by atoms with E-state index in [1.807, 2.05) is 30.3 Å². The molecule has 2 N–H and O–H groups in total. The summed E-state index contributed by atoms with van der Waals surface area (Å²) >= 11 is 0. The fraction of sp³-hybridized carbons (Fsp3) is 0.0526. The SMILES string of the molecule is [C-]#[N+]C1=C(c2ccccc2)Nc2[nH]ncc2C1c1cccc(F)c1F. The molecular formula is C19H12F2N4. The molecule has 122 valence electrons. The Bertz CT molecular complexity index is 1020. The second-order valence-electron chi connectivity index (χ2n) is 5.64. The van der Waals surface area contributed by atoms with Gasteiger partial charge in [-0.05, 0) is 17.2 Å². The number of benzene rings is 2. The molecule has 1 aromatic heterocycles. The molecule has 1 aliphatic rings. The summed E-state index contributed by atoms with van der Waals surface area (Å²) in [4.78, 5) is 3.65. The first-order chi connectivity index (χ1) is 12.2. The highest BCUT2D eigenvalue weighted by atomic mass is 19.2. The molecule has 0 radical (unpaired) electrons. The summed E-state index contributed by atoms with van der Waals surface area (Å²) in [7, 11) is 0. The van der Waals surface area contributed by atoms with Crippen LogP contribution >= 0.6 is 0 Å². The second-order valence-corrected chi connectivity index (χ2v) is 5.64. The second kappa shape index (κ2) is 5.87. The Morgan fingerprint density at radius 3 is 2.56 bits per heavy atom. The first kappa shape index (κ1) is 15.1. The molecule has 1 atom stereocenters. The molecule has 3 aromatic rings. The number of anilines is 1. The predicted molar refractivity (Wildman–Crippen MR) is 90.4 cm³/mol. The van der Waals surface area contributed by atoms with Crippen LogP contribution in [0.1, 0.15) is 22.6 Å². The molecule has 1 aliphatic heterocycles. The van der Waals surface area contributed by atoms with Crippen molar-refractivity contribution in [1.29, 1.82) is 0 Å². The Kier molecular flexibility index (Phi) is 3.55. The molecule has 2 heterocycles. The van der Waals surface area contributed by atoms with Gasteiger partial charge in [-0.2, -0.15) is 5.10 Å². The van der Waals surface area contributed by atoms with Crippen LogP contribution in [0.4, 0.5) is 14.6 Å². The molecule has 1 unspecified atom stereocenters. The van der Waals surface area contributed by atoms with Gasteiger partial charge in [0, 0.05) is 11.3 Å². The summed E-state index contributed by atoms with van der Waals surface area (Å²) < 4.78 is 28.3. The zero-order valence-corrected chi connectivity index (χ0v) is 12.9. The quantitative estimate of drug-likeness (QED) is 0.676. The van der Waals surface area contributed by atoms with Crippen molar-refractivity contribution in [3.8, 4) is 0 Å². The molecule has 6 heteroatoms. The summed E-state index contributed by atoms with van der Waals surface area (Å²) in [5.74, 6) is -2.06. The van der Waals surface area contributed by atoms with Gasteiger partial charge in [0.1, 0.15) is 5.82 Å². The van der Waals surface area contributed by atoms with Crippen LogP contribution in [-0.2, 0) is 0 Å². The third-order valence-electron chi connectivity index (χ3n) is 4.23. The van der Waals surface area contributed by atoms with Crippen LogP contribution in [0.2, 0.25) is 0 Å². The van der Waals surface area contributed by atoms with E-state index in [2.05, 4.69) is 20.4 Å². The van der Waals surface area contributed by atoms with Gasteiger partial charge in [0.15, 0.2) is 11.6 Å². The van der Waals surface area contributed by atoms with E-state index in [9.17, 15) is 8.78 Å². The summed E-state index contributed by atoms with van der Waals surface area (Å²) in [6.45, 7) is 7.66. The minimum absolute atomic E-state index is 0.114. The van der Waals surface area contributed by atoms with Crippen LogP contribution in [0.3, 0.4) is 0 Å². The molecular weight excluding hydrogens is 322 g/mol. The molecule has 0 fully saturated rings. The number of hydrogen-bond acceptors (Lipinski definition) is 2. The number of fused-ring (bicyclic) bond motifs is 1. The van der Waals surface area contributed by atoms with Crippen LogP contribution in [0.5, 0.6) is 0 Å². The van der Waals surface area contributed by atoms with Gasteiger partial charge in [0.05, 0.1) is 18.7 Å². The summed E-state index contributed by atoms with van der Waals surface area (Å²) in [5, 5.41) is 9.98. The molecule has 4 nitrogen and oxygen atoms in total. The van der Waals surface area contributed by atoms with Gasteiger partial charge in [-0.1, -0.05) is 42.5 Å². The molecule has 0 aliphatic carbocycles. The largest absolute Gasteiger partial charge is 0.349 e. The van der Waals surface area contributed by atoms with Gasteiger partial charge in [-0.3, -0.25) is 5.10 Å². The number of rotatable bonds is 2. The number of nitrogens with one attached hydrogen (secondary N) is 2. The molecule has 0 bridgehead atoms. The summed E-state index contributed by atoms with van der Waals surface area (Å²) in [6.07, 6.45) is 1.53. The maximum atomic E-state index is 14.5. The fourth-order valence-corrected chi connectivity index (χ4v) is 3.10. The number of aromatic nitrogens is 2. The summed E-state index contributed by atoms with van der Waals surface area (Å²) in [5.41, 5.74) is 2.36. The van der Waals surface area contributed by atoms with Crippen molar-refractivity contribution in [2.45, 2.75) is 5.92 Å². The van der Waals surface area contributed by atoms with Gasteiger partial charge in [-0.25, -0.2) is 13.6 Å². The molecule has 0 saturated heterocycles. The zero-order chi connectivity index (χ0) is 17.4. The van der Waals surface area contributed by atoms with Gasteiger partial charge >= 0.3 is 0 Å². The smallest absolute Gasteiger partial charge is 0.200 e. The van der Waals surface area contributed by atoms with E-state index in [0.29, 0.717) is 22.8 Å². The third-order valence-corrected chi connectivity index (χ3v) is 4.23. The van der Waals surface area contributed by atoms with Crippen molar-refractivity contribution in [3.05, 3.63) is 100 Å². The van der Waals surface area contributed by atoms with Crippen LogP contribution in [-0.4, -0.2) is 10.2 Å². The average Bonchev–Trinajstić information content (AvgIpc) is 3.11. The summed E-state index contributed by atoms with van der Waals surface area (Å²) in [6, 6.07) is 13.3. The fourth-order valence-electron chi connectivity index (χ4n) is 3.10. The third kappa shape index (κ3) is 2.37. The molecule has 0 amide bonds. The highest BCUT2D eigenvalue weighted by molar-refractivity contribution is 5.85. The monoisotopic (exact) mass is 334 g/mol. The first-order valence-electron chi connectivity index (χ1n) is 7.62. The standard InChI is InChI=1S/C19H12F2N4/c1-22-18-15(12-8-5-9-14(20)16(12)21)13-10-23-25-19(13)24-17(18)11-6-3-2-4-7-11/h2-10,15H,(H2,23,24,25). The average molecular weight is 334 g/mol. The van der Waals surface area contributed by atoms with Gasteiger partial charge in [-0.15, -0.1) is 0 Å². The van der Waals surface area contributed by atoms with E-state index in [1.54, 1.807) is 0 Å². The van der Waals surface area contributed by atoms with E-state index in [-0.39, 0.29) is 5.56 Å². The van der Waals surface area contributed by atoms with Crippen molar-refractivity contribution in [3.63, 3.8) is 0 Å². The van der Waals surface area contributed by atoms with Gasteiger partial charge < -0.3 is 5.32 Å². The molecule has 25 heavy (non-hydrogen) atoms. The molecule has 2 aromatic carbocycles. The highest BCUT2D eigenvalue weighted by Crippen LogP contribution is 2.44. The maximum Gasteiger partial charge on any atom is 0.200 e.